The minimum atomic E-state index is -0.0963. The summed E-state index contributed by atoms with van der Waals surface area (Å²) in [6.07, 6.45) is 0. The summed E-state index contributed by atoms with van der Waals surface area (Å²) in [4.78, 5) is 13.7. The first-order valence-electron chi connectivity index (χ1n) is 9.38. The quantitative estimate of drug-likeness (QED) is 0.516. The zero-order chi connectivity index (χ0) is 19.8. The number of thioether (sulfide) groups is 1. The van der Waals surface area contributed by atoms with Crippen LogP contribution in [0.25, 0.3) is 0 Å². The molecule has 3 rings (SSSR count). The van der Waals surface area contributed by atoms with E-state index >= 15 is 0 Å². The SMILES string of the molecule is Cc1ccc(OC[C@H](C)NC(=O)c2ccccc2SCc2ccccc2)cc1. The van der Waals surface area contributed by atoms with Gasteiger partial charge in [-0.2, -0.15) is 0 Å². The summed E-state index contributed by atoms with van der Waals surface area (Å²) in [5.74, 6) is 1.57. The van der Waals surface area contributed by atoms with Crippen molar-refractivity contribution in [2.75, 3.05) is 6.61 Å². The number of nitrogens with one attached hydrogen (secondary N) is 1. The highest BCUT2D eigenvalue weighted by molar-refractivity contribution is 7.98. The van der Waals surface area contributed by atoms with Crippen molar-refractivity contribution >= 4 is 17.7 Å². The molecule has 0 heterocycles. The normalized spacial score (nSPS) is 11.6. The van der Waals surface area contributed by atoms with Gasteiger partial charge >= 0.3 is 0 Å². The summed E-state index contributed by atoms with van der Waals surface area (Å²) < 4.78 is 5.78. The van der Waals surface area contributed by atoms with Crippen molar-refractivity contribution in [3.05, 3.63) is 95.6 Å². The van der Waals surface area contributed by atoms with Gasteiger partial charge in [-0.15, -0.1) is 11.8 Å². The highest BCUT2D eigenvalue weighted by atomic mass is 32.2. The van der Waals surface area contributed by atoms with Crippen LogP contribution in [0.3, 0.4) is 0 Å². The third-order valence-corrected chi connectivity index (χ3v) is 5.41. The molecular weight excluding hydrogens is 366 g/mol. The monoisotopic (exact) mass is 391 g/mol. The van der Waals surface area contributed by atoms with E-state index in [9.17, 15) is 4.79 Å². The highest BCUT2D eigenvalue weighted by Gasteiger charge is 2.14. The van der Waals surface area contributed by atoms with Gasteiger partial charge in [-0.25, -0.2) is 0 Å². The number of carbonyl (C=O) groups is 1. The molecule has 1 atom stereocenters. The largest absolute Gasteiger partial charge is 0.491 e. The lowest BCUT2D eigenvalue weighted by atomic mass is 10.2. The third-order valence-electron chi connectivity index (χ3n) is 4.27. The standard InChI is InChI=1S/C24H25NO2S/c1-18-12-14-21(15-13-18)27-16-19(2)25-24(26)22-10-6-7-11-23(22)28-17-20-8-4-3-5-9-20/h3-15,19H,16-17H2,1-2H3,(H,25,26)/t19-/m0/s1. The Morgan fingerprint density at radius 2 is 1.64 bits per heavy atom. The summed E-state index contributed by atoms with van der Waals surface area (Å²) >= 11 is 1.68. The van der Waals surface area contributed by atoms with E-state index in [-0.39, 0.29) is 11.9 Å². The summed E-state index contributed by atoms with van der Waals surface area (Å²) in [6.45, 7) is 4.42. The van der Waals surface area contributed by atoms with Crippen LogP contribution in [0.4, 0.5) is 0 Å². The fourth-order valence-electron chi connectivity index (χ4n) is 2.71. The van der Waals surface area contributed by atoms with Crippen molar-refractivity contribution in [3.63, 3.8) is 0 Å². The number of benzene rings is 3. The predicted molar refractivity (Wildman–Crippen MR) is 116 cm³/mol. The molecule has 0 radical (unpaired) electrons. The molecule has 0 saturated heterocycles. The Morgan fingerprint density at radius 1 is 0.964 bits per heavy atom. The van der Waals surface area contributed by atoms with Gasteiger partial charge in [0.25, 0.3) is 5.91 Å². The van der Waals surface area contributed by atoms with Gasteiger partial charge < -0.3 is 10.1 Å². The molecule has 4 heteroatoms. The molecule has 0 saturated carbocycles. The number of carbonyl (C=O) groups excluding carboxylic acids is 1. The molecule has 3 aromatic carbocycles. The first kappa shape index (κ1) is 20.0. The van der Waals surface area contributed by atoms with E-state index in [4.69, 9.17) is 4.74 Å². The predicted octanol–water partition coefficient (Wildman–Crippen LogP) is 5.48. The van der Waals surface area contributed by atoms with E-state index in [1.54, 1.807) is 11.8 Å². The minimum Gasteiger partial charge on any atom is -0.491 e. The molecule has 3 aromatic rings. The number of rotatable bonds is 8. The second-order valence-corrected chi connectivity index (χ2v) is 7.79. The second-order valence-electron chi connectivity index (χ2n) is 6.77. The van der Waals surface area contributed by atoms with E-state index in [0.717, 1.165) is 16.4 Å². The van der Waals surface area contributed by atoms with Crippen LogP contribution in [0.15, 0.2) is 83.8 Å². The molecule has 0 bridgehead atoms. The van der Waals surface area contributed by atoms with Crippen LogP contribution in [0.2, 0.25) is 0 Å². The zero-order valence-electron chi connectivity index (χ0n) is 16.2. The lowest BCUT2D eigenvalue weighted by molar-refractivity contribution is 0.0923. The van der Waals surface area contributed by atoms with Crippen LogP contribution in [0, 0.1) is 6.92 Å². The Labute approximate surface area is 171 Å². The molecule has 0 unspecified atom stereocenters. The van der Waals surface area contributed by atoms with Crippen LogP contribution in [0.5, 0.6) is 5.75 Å². The molecule has 0 aliphatic heterocycles. The topological polar surface area (TPSA) is 38.3 Å². The Hall–Kier alpha value is -2.72. The molecule has 0 fully saturated rings. The van der Waals surface area contributed by atoms with E-state index in [0.29, 0.717) is 12.2 Å². The summed E-state index contributed by atoms with van der Waals surface area (Å²) in [5.41, 5.74) is 3.13. The average molecular weight is 392 g/mol. The Morgan fingerprint density at radius 3 is 2.39 bits per heavy atom. The van der Waals surface area contributed by atoms with Crippen molar-refractivity contribution in [2.24, 2.45) is 0 Å². The average Bonchev–Trinajstić information content (AvgIpc) is 2.73. The number of amides is 1. The van der Waals surface area contributed by atoms with Crippen molar-refractivity contribution in [3.8, 4) is 5.75 Å². The molecule has 144 valence electrons. The van der Waals surface area contributed by atoms with E-state index in [2.05, 4.69) is 17.4 Å². The van der Waals surface area contributed by atoms with Gasteiger partial charge in [0.05, 0.1) is 11.6 Å². The third kappa shape index (κ3) is 5.89. The molecule has 0 aliphatic carbocycles. The minimum absolute atomic E-state index is 0.0730. The number of hydrogen-bond donors (Lipinski definition) is 1. The molecule has 3 nitrogen and oxygen atoms in total. The van der Waals surface area contributed by atoms with Gasteiger partial charge in [-0.1, -0.05) is 60.2 Å². The summed E-state index contributed by atoms with van der Waals surface area (Å²) in [7, 11) is 0. The molecule has 1 N–H and O–H groups in total. The number of hydrogen-bond acceptors (Lipinski definition) is 3. The van der Waals surface area contributed by atoms with Crippen LogP contribution < -0.4 is 10.1 Å². The van der Waals surface area contributed by atoms with Crippen molar-refractivity contribution in [1.29, 1.82) is 0 Å². The zero-order valence-corrected chi connectivity index (χ0v) is 17.0. The summed E-state index contributed by atoms with van der Waals surface area (Å²) in [6, 6.07) is 25.8. The van der Waals surface area contributed by atoms with Crippen LogP contribution in [-0.4, -0.2) is 18.6 Å². The van der Waals surface area contributed by atoms with Gasteiger partial charge in [0.2, 0.25) is 0 Å². The molecule has 0 aromatic heterocycles. The second kappa shape index (κ2) is 10.00. The lowest BCUT2D eigenvalue weighted by Gasteiger charge is -2.16. The highest BCUT2D eigenvalue weighted by Crippen LogP contribution is 2.26. The Balaban J connectivity index is 1.56. The fourth-order valence-corrected chi connectivity index (χ4v) is 3.72. The Kier molecular flexibility index (Phi) is 7.15. The molecular formula is C24H25NO2S. The number of aryl methyl sites for hydroxylation is 1. The molecule has 28 heavy (non-hydrogen) atoms. The Bertz CT molecular complexity index is 894. The van der Waals surface area contributed by atoms with Gasteiger partial charge in [-0.3, -0.25) is 4.79 Å². The van der Waals surface area contributed by atoms with Crippen LogP contribution >= 0.6 is 11.8 Å². The van der Waals surface area contributed by atoms with Gasteiger partial charge in [0, 0.05) is 10.6 Å². The maximum atomic E-state index is 12.8. The fraction of sp³-hybridized carbons (Fsp3) is 0.208. The smallest absolute Gasteiger partial charge is 0.252 e. The maximum absolute atomic E-state index is 12.8. The van der Waals surface area contributed by atoms with Crippen molar-refractivity contribution in [1.82, 2.24) is 5.32 Å². The van der Waals surface area contributed by atoms with Crippen LogP contribution in [-0.2, 0) is 5.75 Å². The lowest BCUT2D eigenvalue weighted by Crippen LogP contribution is -2.37. The van der Waals surface area contributed by atoms with E-state index in [1.165, 1.54) is 11.1 Å². The first-order valence-corrected chi connectivity index (χ1v) is 10.4. The van der Waals surface area contributed by atoms with Gasteiger partial charge in [0.1, 0.15) is 12.4 Å². The van der Waals surface area contributed by atoms with Crippen molar-refractivity contribution < 1.29 is 9.53 Å². The molecule has 0 aliphatic rings. The first-order chi connectivity index (χ1) is 13.6. The van der Waals surface area contributed by atoms with Gasteiger partial charge in [0.15, 0.2) is 0 Å². The molecule has 0 spiro atoms. The summed E-state index contributed by atoms with van der Waals surface area (Å²) in [5, 5.41) is 3.04. The maximum Gasteiger partial charge on any atom is 0.252 e. The van der Waals surface area contributed by atoms with Crippen LogP contribution in [0.1, 0.15) is 28.4 Å². The number of ether oxygens (including phenoxy) is 1. The van der Waals surface area contributed by atoms with Crippen molar-refractivity contribution in [2.45, 2.75) is 30.5 Å². The van der Waals surface area contributed by atoms with E-state index < -0.39 is 0 Å². The van der Waals surface area contributed by atoms with Gasteiger partial charge in [-0.05, 0) is 43.7 Å². The molecule has 1 amide bonds. The van der Waals surface area contributed by atoms with E-state index in [1.807, 2.05) is 80.6 Å².